The number of hydrogen-bond acceptors (Lipinski definition) is 5. The molecule has 2 aromatic rings. The van der Waals surface area contributed by atoms with Gasteiger partial charge in [-0.1, -0.05) is 23.2 Å². The average Bonchev–Trinajstić information content (AvgIpc) is 2.69. The Kier molecular flexibility index (Phi) is 6.37. The number of hydrogen-bond donors (Lipinski definition) is 1. The fraction of sp³-hybridized carbons (Fsp3) is 0.286. The molecule has 1 N–H and O–H groups in total. The third-order valence-electron chi connectivity index (χ3n) is 4.49. The van der Waals surface area contributed by atoms with E-state index in [1.165, 1.54) is 0 Å². The SMILES string of the molecule is COc1cc2c(cc1OC)/C(=C/C(=O)[C@H](C)Oc1ccc(Cl)cc1Cl)NCC2. The fourth-order valence-electron chi connectivity index (χ4n) is 3.01. The summed E-state index contributed by atoms with van der Waals surface area (Å²) in [5.74, 6) is 1.51. The first-order valence-corrected chi connectivity index (χ1v) is 9.55. The number of rotatable bonds is 6. The van der Waals surface area contributed by atoms with Gasteiger partial charge in [-0.25, -0.2) is 0 Å². The van der Waals surface area contributed by atoms with Crippen molar-refractivity contribution < 1.29 is 19.0 Å². The number of carbonyl (C=O) groups excluding carboxylic acids is 1. The minimum Gasteiger partial charge on any atom is -0.493 e. The van der Waals surface area contributed by atoms with Gasteiger partial charge in [0.2, 0.25) is 0 Å². The number of nitrogens with one attached hydrogen (secondary N) is 1. The monoisotopic (exact) mass is 421 g/mol. The number of carbonyl (C=O) groups is 1. The second kappa shape index (κ2) is 8.76. The van der Waals surface area contributed by atoms with Gasteiger partial charge in [0.25, 0.3) is 0 Å². The minimum atomic E-state index is -0.710. The maximum absolute atomic E-state index is 12.7. The molecule has 7 heteroatoms. The van der Waals surface area contributed by atoms with Gasteiger partial charge < -0.3 is 19.5 Å². The van der Waals surface area contributed by atoms with E-state index in [0.29, 0.717) is 27.3 Å². The Labute approximate surface area is 174 Å². The zero-order valence-electron chi connectivity index (χ0n) is 15.8. The van der Waals surface area contributed by atoms with Crippen molar-refractivity contribution in [3.8, 4) is 17.2 Å². The van der Waals surface area contributed by atoms with Gasteiger partial charge in [-0.15, -0.1) is 0 Å². The van der Waals surface area contributed by atoms with E-state index in [2.05, 4.69) is 5.32 Å². The highest BCUT2D eigenvalue weighted by Gasteiger charge is 2.21. The van der Waals surface area contributed by atoms with Gasteiger partial charge in [0, 0.05) is 28.9 Å². The summed E-state index contributed by atoms with van der Waals surface area (Å²) >= 11 is 12.0. The molecule has 5 nitrogen and oxygen atoms in total. The minimum absolute atomic E-state index is 0.184. The van der Waals surface area contributed by atoms with Crippen LogP contribution in [-0.4, -0.2) is 32.7 Å². The molecule has 1 heterocycles. The van der Waals surface area contributed by atoms with E-state index >= 15 is 0 Å². The number of benzene rings is 2. The van der Waals surface area contributed by atoms with Gasteiger partial charge in [0.05, 0.1) is 19.2 Å². The highest BCUT2D eigenvalue weighted by Crippen LogP contribution is 2.35. The molecule has 0 unspecified atom stereocenters. The Bertz CT molecular complexity index is 927. The second-order valence-corrected chi connectivity index (χ2v) is 7.18. The normalized spacial score (nSPS) is 15.4. The van der Waals surface area contributed by atoms with Crippen LogP contribution in [0, 0.1) is 0 Å². The van der Waals surface area contributed by atoms with Crippen molar-refractivity contribution in [2.75, 3.05) is 20.8 Å². The molecule has 0 radical (unpaired) electrons. The summed E-state index contributed by atoms with van der Waals surface area (Å²) in [6.45, 7) is 2.41. The van der Waals surface area contributed by atoms with Crippen LogP contribution in [0.2, 0.25) is 10.0 Å². The van der Waals surface area contributed by atoms with Crippen LogP contribution in [0.5, 0.6) is 17.2 Å². The quantitative estimate of drug-likeness (QED) is 0.694. The molecular formula is C21H21Cl2NO4. The Morgan fingerprint density at radius 1 is 1.11 bits per heavy atom. The van der Waals surface area contributed by atoms with Crippen LogP contribution >= 0.6 is 23.2 Å². The fourth-order valence-corrected chi connectivity index (χ4v) is 3.47. The highest BCUT2D eigenvalue weighted by atomic mass is 35.5. The van der Waals surface area contributed by atoms with Crippen molar-refractivity contribution in [2.45, 2.75) is 19.4 Å². The molecule has 28 heavy (non-hydrogen) atoms. The first-order chi connectivity index (χ1) is 13.4. The largest absolute Gasteiger partial charge is 0.493 e. The molecule has 0 amide bonds. The number of ether oxygens (including phenoxy) is 3. The van der Waals surface area contributed by atoms with E-state index in [-0.39, 0.29) is 5.78 Å². The van der Waals surface area contributed by atoms with Crippen LogP contribution in [0.4, 0.5) is 0 Å². The van der Waals surface area contributed by atoms with Crippen LogP contribution in [-0.2, 0) is 11.2 Å². The predicted molar refractivity (Wildman–Crippen MR) is 111 cm³/mol. The van der Waals surface area contributed by atoms with E-state index in [9.17, 15) is 4.79 Å². The summed E-state index contributed by atoms with van der Waals surface area (Å²) in [4.78, 5) is 12.7. The molecule has 2 aromatic carbocycles. The van der Waals surface area contributed by atoms with E-state index in [1.54, 1.807) is 45.4 Å². The van der Waals surface area contributed by atoms with E-state index in [1.807, 2.05) is 12.1 Å². The third-order valence-corrected chi connectivity index (χ3v) is 5.02. The van der Waals surface area contributed by atoms with Crippen molar-refractivity contribution in [3.05, 3.63) is 57.6 Å². The van der Waals surface area contributed by atoms with Crippen molar-refractivity contribution in [1.82, 2.24) is 5.32 Å². The van der Waals surface area contributed by atoms with E-state index in [0.717, 1.165) is 29.8 Å². The summed E-state index contributed by atoms with van der Waals surface area (Å²) < 4.78 is 16.5. The Morgan fingerprint density at radius 3 is 2.50 bits per heavy atom. The van der Waals surface area contributed by atoms with E-state index in [4.69, 9.17) is 37.4 Å². The molecule has 148 valence electrons. The zero-order valence-corrected chi connectivity index (χ0v) is 17.4. The molecule has 0 saturated heterocycles. The highest BCUT2D eigenvalue weighted by molar-refractivity contribution is 6.35. The molecule has 3 rings (SSSR count). The molecule has 0 aliphatic carbocycles. The third kappa shape index (κ3) is 4.37. The van der Waals surface area contributed by atoms with E-state index < -0.39 is 6.10 Å². The number of ketones is 1. The van der Waals surface area contributed by atoms with Crippen LogP contribution < -0.4 is 19.5 Å². The number of halogens is 2. The summed E-state index contributed by atoms with van der Waals surface area (Å²) in [5.41, 5.74) is 2.73. The lowest BCUT2D eigenvalue weighted by Crippen LogP contribution is -2.27. The van der Waals surface area contributed by atoms with Crippen LogP contribution in [0.25, 0.3) is 5.70 Å². The Morgan fingerprint density at radius 2 is 1.82 bits per heavy atom. The molecule has 0 spiro atoms. The Balaban J connectivity index is 1.84. The molecule has 1 aliphatic heterocycles. The summed E-state index contributed by atoms with van der Waals surface area (Å²) in [6, 6.07) is 8.71. The standard InChI is InChI=1S/C21H21Cl2NO4/c1-12(28-19-5-4-14(22)9-16(19)23)18(25)11-17-15-10-21(27-3)20(26-2)8-13(15)6-7-24-17/h4-5,8-12,24H,6-7H2,1-3H3/b17-11-/t12-/m0/s1. The van der Waals surface area contributed by atoms with Crippen LogP contribution in [0.15, 0.2) is 36.4 Å². The van der Waals surface area contributed by atoms with Gasteiger partial charge in [-0.05, 0) is 49.2 Å². The second-order valence-electron chi connectivity index (χ2n) is 6.34. The maximum Gasteiger partial charge on any atom is 0.197 e. The van der Waals surface area contributed by atoms with Gasteiger partial charge in [-0.3, -0.25) is 4.79 Å². The lowest BCUT2D eigenvalue weighted by molar-refractivity contribution is -0.120. The van der Waals surface area contributed by atoms with Crippen LogP contribution in [0.1, 0.15) is 18.1 Å². The summed E-state index contributed by atoms with van der Waals surface area (Å²) in [5, 5.41) is 4.14. The van der Waals surface area contributed by atoms with Gasteiger partial charge in [0.15, 0.2) is 23.4 Å². The average molecular weight is 422 g/mol. The summed E-state index contributed by atoms with van der Waals surface area (Å²) in [7, 11) is 3.19. The molecule has 0 saturated carbocycles. The molecule has 1 aliphatic rings. The molecule has 0 fully saturated rings. The maximum atomic E-state index is 12.7. The predicted octanol–water partition coefficient (Wildman–Crippen LogP) is 4.53. The van der Waals surface area contributed by atoms with Gasteiger partial charge in [-0.2, -0.15) is 0 Å². The molecule has 0 aromatic heterocycles. The first-order valence-electron chi connectivity index (χ1n) is 8.79. The zero-order chi connectivity index (χ0) is 20.3. The van der Waals surface area contributed by atoms with Crippen LogP contribution in [0.3, 0.4) is 0 Å². The smallest absolute Gasteiger partial charge is 0.197 e. The lowest BCUT2D eigenvalue weighted by Gasteiger charge is -2.23. The lowest BCUT2D eigenvalue weighted by atomic mass is 9.96. The van der Waals surface area contributed by atoms with Gasteiger partial charge >= 0.3 is 0 Å². The number of fused-ring (bicyclic) bond motifs is 1. The van der Waals surface area contributed by atoms with Crippen molar-refractivity contribution in [1.29, 1.82) is 0 Å². The Hall–Kier alpha value is -2.37. The molecule has 0 bridgehead atoms. The van der Waals surface area contributed by atoms with Crippen molar-refractivity contribution >= 4 is 34.7 Å². The number of methoxy groups -OCH3 is 2. The van der Waals surface area contributed by atoms with Crippen molar-refractivity contribution in [2.24, 2.45) is 0 Å². The van der Waals surface area contributed by atoms with Gasteiger partial charge in [0.1, 0.15) is 5.75 Å². The molecular weight excluding hydrogens is 401 g/mol. The van der Waals surface area contributed by atoms with Crippen molar-refractivity contribution in [3.63, 3.8) is 0 Å². The topological polar surface area (TPSA) is 56.8 Å². The molecule has 1 atom stereocenters. The first kappa shape index (κ1) is 20.4. The summed E-state index contributed by atoms with van der Waals surface area (Å²) in [6.07, 6.45) is 1.67.